The molecule has 0 saturated heterocycles. The number of carbonyl (C=O) groups is 1. The van der Waals surface area contributed by atoms with Crippen molar-refractivity contribution in [1.82, 2.24) is 4.90 Å². The van der Waals surface area contributed by atoms with E-state index in [-0.39, 0.29) is 5.91 Å². The van der Waals surface area contributed by atoms with Crippen molar-refractivity contribution in [1.29, 1.82) is 0 Å². The molecule has 0 aromatic carbocycles. The van der Waals surface area contributed by atoms with E-state index in [9.17, 15) is 4.79 Å². The van der Waals surface area contributed by atoms with Crippen molar-refractivity contribution in [3.63, 3.8) is 0 Å². The van der Waals surface area contributed by atoms with E-state index in [1.807, 2.05) is 19.1 Å². The Morgan fingerprint density at radius 3 is 2.30 bits per heavy atom. The van der Waals surface area contributed by atoms with Gasteiger partial charge in [-0.1, -0.05) is 18.2 Å². The maximum atomic E-state index is 10.8. The highest BCUT2D eigenvalue weighted by atomic mass is 16.2. The molecule has 2 heteroatoms. The van der Waals surface area contributed by atoms with Gasteiger partial charge in [-0.15, -0.1) is 0 Å². The van der Waals surface area contributed by atoms with Crippen LogP contribution < -0.4 is 0 Å². The van der Waals surface area contributed by atoms with Crippen LogP contribution in [0.25, 0.3) is 0 Å². The Morgan fingerprint density at radius 1 is 1.30 bits per heavy atom. The Morgan fingerprint density at radius 2 is 1.90 bits per heavy atom. The first-order valence-corrected chi connectivity index (χ1v) is 3.19. The van der Waals surface area contributed by atoms with Gasteiger partial charge in [0.25, 0.3) is 0 Å². The lowest BCUT2D eigenvalue weighted by molar-refractivity contribution is -0.123. The van der Waals surface area contributed by atoms with Gasteiger partial charge in [-0.3, -0.25) is 4.79 Å². The van der Waals surface area contributed by atoms with Crippen molar-refractivity contribution < 1.29 is 4.79 Å². The Labute approximate surface area is 61.8 Å². The molecule has 0 radical (unpaired) electrons. The molecular formula is C8H13NO. The molecule has 0 unspecified atom stereocenters. The van der Waals surface area contributed by atoms with E-state index in [0.717, 1.165) is 0 Å². The standard InChI is InChI=1S/C8H13NO/c1-4-5-6-7-8(10)9(2)3/h4-7H,1-3H3/b5-4+,7-6+. The van der Waals surface area contributed by atoms with E-state index in [2.05, 4.69) is 0 Å². The molecule has 0 bridgehead atoms. The van der Waals surface area contributed by atoms with Gasteiger partial charge in [0, 0.05) is 20.2 Å². The molecule has 0 aliphatic heterocycles. The van der Waals surface area contributed by atoms with Crippen LogP contribution in [0.3, 0.4) is 0 Å². The molecule has 0 spiro atoms. The first kappa shape index (κ1) is 8.95. The Kier molecular flexibility index (Phi) is 4.29. The molecule has 0 aromatic rings. The van der Waals surface area contributed by atoms with E-state index in [1.165, 1.54) is 11.0 Å². The minimum Gasteiger partial charge on any atom is -0.345 e. The van der Waals surface area contributed by atoms with Crippen molar-refractivity contribution in [2.24, 2.45) is 0 Å². The summed E-state index contributed by atoms with van der Waals surface area (Å²) in [4.78, 5) is 12.4. The Hall–Kier alpha value is -1.05. The van der Waals surface area contributed by atoms with Gasteiger partial charge in [0.1, 0.15) is 0 Å². The van der Waals surface area contributed by atoms with Crippen LogP contribution in [-0.4, -0.2) is 24.9 Å². The summed E-state index contributed by atoms with van der Waals surface area (Å²) in [5.41, 5.74) is 0. The fourth-order valence-electron chi connectivity index (χ4n) is 0.398. The van der Waals surface area contributed by atoms with Crippen LogP contribution in [0.2, 0.25) is 0 Å². The number of likely N-dealkylation sites (N-methyl/N-ethyl adjacent to an activating group) is 1. The highest BCUT2D eigenvalue weighted by Gasteiger charge is 1.93. The average Bonchev–Trinajstić information content (AvgIpc) is 1.88. The molecule has 0 aliphatic carbocycles. The second kappa shape index (κ2) is 4.79. The molecule has 0 aromatic heterocycles. The van der Waals surface area contributed by atoms with Crippen LogP contribution in [0.15, 0.2) is 24.3 Å². The monoisotopic (exact) mass is 139 g/mol. The maximum Gasteiger partial charge on any atom is 0.246 e. The second-order valence-electron chi connectivity index (χ2n) is 2.12. The summed E-state index contributed by atoms with van der Waals surface area (Å²) in [6, 6.07) is 0. The third-order valence-corrected chi connectivity index (χ3v) is 0.983. The number of hydrogen-bond donors (Lipinski definition) is 0. The first-order valence-electron chi connectivity index (χ1n) is 3.19. The summed E-state index contributed by atoms with van der Waals surface area (Å²) in [6.07, 6.45) is 6.95. The van der Waals surface area contributed by atoms with Gasteiger partial charge >= 0.3 is 0 Å². The van der Waals surface area contributed by atoms with E-state index < -0.39 is 0 Å². The van der Waals surface area contributed by atoms with Gasteiger partial charge in [0.15, 0.2) is 0 Å². The number of nitrogens with zero attached hydrogens (tertiary/aromatic N) is 1. The fourth-order valence-corrected chi connectivity index (χ4v) is 0.398. The molecule has 56 valence electrons. The van der Waals surface area contributed by atoms with Crippen LogP contribution >= 0.6 is 0 Å². The predicted octanol–water partition coefficient (Wildman–Crippen LogP) is 1.21. The van der Waals surface area contributed by atoms with E-state index in [4.69, 9.17) is 0 Å². The zero-order chi connectivity index (χ0) is 7.98. The number of carbonyl (C=O) groups excluding carboxylic acids is 1. The fraction of sp³-hybridized carbons (Fsp3) is 0.375. The van der Waals surface area contributed by atoms with Gasteiger partial charge in [0.05, 0.1) is 0 Å². The zero-order valence-electron chi connectivity index (χ0n) is 6.66. The molecule has 1 amide bonds. The summed E-state index contributed by atoms with van der Waals surface area (Å²) >= 11 is 0. The van der Waals surface area contributed by atoms with Crippen LogP contribution in [-0.2, 0) is 4.79 Å². The lowest BCUT2D eigenvalue weighted by Crippen LogP contribution is -2.18. The molecular weight excluding hydrogens is 126 g/mol. The largest absolute Gasteiger partial charge is 0.345 e. The molecule has 10 heavy (non-hydrogen) atoms. The normalized spacial score (nSPS) is 11.1. The number of amides is 1. The minimum atomic E-state index is 0.0121. The quantitative estimate of drug-likeness (QED) is 0.416. The SMILES string of the molecule is C/C=C/C=C/C(=O)N(C)C. The smallest absolute Gasteiger partial charge is 0.246 e. The van der Waals surface area contributed by atoms with Gasteiger partial charge in [-0.2, -0.15) is 0 Å². The van der Waals surface area contributed by atoms with Crippen molar-refractivity contribution in [2.45, 2.75) is 6.92 Å². The summed E-state index contributed by atoms with van der Waals surface area (Å²) in [5.74, 6) is 0.0121. The Bertz CT molecular complexity index is 157. The summed E-state index contributed by atoms with van der Waals surface area (Å²) < 4.78 is 0. The van der Waals surface area contributed by atoms with Crippen LogP contribution in [0.1, 0.15) is 6.92 Å². The van der Waals surface area contributed by atoms with Crippen molar-refractivity contribution in [2.75, 3.05) is 14.1 Å². The average molecular weight is 139 g/mol. The third kappa shape index (κ3) is 3.89. The van der Waals surface area contributed by atoms with E-state index in [0.29, 0.717) is 0 Å². The van der Waals surface area contributed by atoms with Crippen LogP contribution in [0.5, 0.6) is 0 Å². The number of rotatable bonds is 2. The lowest BCUT2D eigenvalue weighted by Gasteiger charge is -2.04. The second-order valence-corrected chi connectivity index (χ2v) is 2.12. The number of hydrogen-bond acceptors (Lipinski definition) is 1. The molecule has 0 N–H and O–H groups in total. The van der Waals surface area contributed by atoms with Crippen molar-refractivity contribution in [3.8, 4) is 0 Å². The summed E-state index contributed by atoms with van der Waals surface area (Å²) in [5, 5.41) is 0. The lowest BCUT2D eigenvalue weighted by atomic mass is 10.4. The third-order valence-electron chi connectivity index (χ3n) is 0.983. The summed E-state index contributed by atoms with van der Waals surface area (Å²) in [7, 11) is 3.45. The number of allylic oxidation sites excluding steroid dienone is 3. The van der Waals surface area contributed by atoms with Crippen LogP contribution in [0.4, 0.5) is 0 Å². The highest BCUT2D eigenvalue weighted by molar-refractivity contribution is 5.87. The van der Waals surface area contributed by atoms with Gasteiger partial charge < -0.3 is 4.90 Å². The molecule has 0 rings (SSSR count). The molecule has 0 fully saturated rings. The molecule has 0 aliphatic rings. The van der Waals surface area contributed by atoms with Gasteiger partial charge in [0.2, 0.25) is 5.91 Å². The zero-order valence-corrected chi connectivity index (χ0v) is 6.66. The first-order chi connectivity index (χ1) is 4.68. The summed E-state index contributed by atoms with van der Waals surface area (Å²) in [6.45, 7) is 1.91. The van der Waals surface area contributed by atoms with Crippen molar-refractivity contribution >= 4 is 5.91 Å². The predicted molar refractivity (Wildman–Crippen MR) is 42.6 cm³/mol. The molecule has 2 nitrogen and oxygen atoms in total. The van der Waals surface area contributed by atoms with Crippen LogP contribution in [0, 0.1) is 0 Å². The molecule has 0 saturated carbocycles. The maximum absolute atomic E-state index is 10.8. The van der Waals surface area contributed by atoms with Crippen molar-refractivity contribution in [3.05, 3.63) is 24.3 Å². The van der Waals surface area contributed by atoms with Gasteiger partial charge in [-0.25, -0.2) is 0 Å². The van der Waals surface area contributed by atoms with Gasteiger partial charge in [-0.05, 0) is 6.92 Å². The van der Waals surface area contributed by atoms with E-state index in [1.54, 1.807) is 20.2 Å². The Balaban J connectivity index is 3.78. The molecule has 0 atom stereocenters. The molecule has 0 heterocycles. The topological polar surface area (TPSA) is 20.3 Å². The minimum absolute atomic E-state index is 0.0121. The van der Waals surface area contributed by atoms with E-state index >= 15 is 0 Å². The highest BCUT2D eigenvalue weighted by Crippen LogP contribution is 1.82.